The molecule has 0 unspecified atom stereocenters. The number of aromatic nitrogens is 3. The number of hydrogen-bond acceptors (Lipinski definition) is 5. The van der Waals surface area contributed by atoms with Crippen LogP contribution in [0.2, 0.25) is 0 Å². The molecule has 0 aromatic carbocycles. The Balaban J connectivity index is 2.61. The van der Waals surface area contributed by atoms with Gasteiger partial charge in [0.25, 0.3) is 0 Å². The molecule has 0 aliphatic heterocycles. The molecule has 1 rings (SSSR count). The molecule has 1 aromatic rings. The van der Waals surface area contributed by atoms with Crippen molar-refractivity contribution in [1.29, 1.82) is 0 Å². The van der Waals surface area contributed by atoms with Crippen molar-refractivity contribution < 1.29 is 9.84 Å². The quantitative estimate of drug-likeness (QED) is 0.635. The Morgan fingerprint density at radius 3 is 2.75 bits per heavy atom. The Morgan fingerprint density at radius 2 is 2.19 bits per heavy atom. The van der Waals surface area contributed by atoms with Gasteiger partial charge in [-0.25, -0.2) is 4.68 Å². The third-order valence-corrected chi connectivity index (χ3v) is 2.27. The highest BCUT2D eigenvalue weighted by molar-refractivity contribution is 5.13. The molecule has 16 heavy (non-hydrogen) atoms. The minimum Gasteiger partial charge on any atom is -0.394 e. The van der Waals surface area contributed by atoms with Crippen LogP contribution in [0.15, 0.2) is 0 Å². The minimum atomic E-state index is 0.0441. The summed E-state index contributed by atoms with van der Waals surface area (Å²) in [6.07, 6.45) is 0. The van der Waals surface area contributed by atoms with Crippen molar-refractivity contribution in [3.63, 3.8) is 0 Å². The Kier molecular flexibility index (Phi) is 5.37. The normalized spacial score (nSPS) is 11.3. The van der Waals surface area contributed by atoms with Gasteiger partial charge >= 0.3 is 0 Å². The molecule has 6 heteroatoms. The van der Waals surface area contributed by atoms with E-state index < -0.39 is 0 Å². The number of aliphatic hydroxyl groups excluding tert-OH is 1. The fourth-order valence-electron chi connectivity index (χ4n) is 1.62. The Hall–Kier alpha value is -0.980. The van der Waals surface area contributed by atoms with Gasteiger partial charge in [-0.2, -0.15) is 0 Å². The van der Waals surface area contributed by atoms with E-state index in [1.54, 1.807) is 0 Å². The second-order valence-corrected chi connectivity index (χ2v) is 3.84. The second kappa shape index (κ2) is 6.57. The maximum Gasteiger partial charge on any atom is 0.0997 e. The number of nitrogens with two attached hydrogens (primary N) is 1. The zero-order chi connectivity index (χ0) is 12.0. The predicted octanol–water partition coefficient (Wildman–Crippen LogP) is -0.131. The maximum atomic E-state index is 8.57. The minimum absolute atomic E-state index is 0.0441. The smallest absolute Gasteiger partial charge is 0.0997 e. The van der Waals surface area contributed by atoms with Crippen LogP contribution >= 0.6 is 0 Å². The number of rotatable bonds is 7. The van der Waals surface area contributed by atoms with Gasteiger partial charge in [-0.05, 0) is 5.92 Å². The summed E-state index contributed by atoms with van der Waals surface area (Å²) in [6.45, 7) is 6.14. The van der Waals surface area contributed by atoms with Crippen molar-refractivity contribution in [2.24, 2.45) is 5.73 Å². The molecular formula is C10H20N4O2. The molecule has 0 atom stereocenters. The molecule has 0 saturated heterocycles. The fraction of sp³-hybridized carbons (Fsp3) is 0.800. The molecule has 0 amide bonds. The van der Waals surface area contributed by atoms with Gasteiger partial charge in [-0.15, -0.1) is 5.10 Å². The van der Waals surface area contributed by atoms with Crippen LogP contribution in [0.1, 0.15) is 31.2 Å². The molecule has 0 saturated carbocycles. The summed E-state index contributed by atoms with van der Waals surface area (Å²) in [6, 6.07) is 0. The molecule has 6 nitrogen and oxygen atoms in total. The van der Waals surface area contributed by atoms with Crippen molar-refractivity contribution >= 4 is 0 Å². The van der Waals surface area contributed by atoms with Crippen LogP contribution in [0.4, 0.5) is 0 Å². The highest BCUT2D eigenvalue weighted by Gasteiger charge is 2.14. The zero-order valence-electron chi connectivity index (χ0n) is 9.89. The number of ether oxygens (including phenoxy) is 1. The highest BCUT2D eigenvalue weighted by Crippen LogP contribution is 2.16. The van der Waals surface area contributed by atoms with Gasteiger partial charge in [0.05, 0.1) is 37.8 Å². The summed E-state index contributed by atoms with van der Waals surface area (Å²) in [4.78, 5) is 0. The summed E-state index contributed by atoms with van der Waals surface area (Å²) < 4.78 is 7.02. The second-order valence-electron chi connectivity index (χ2n) is 3.84. The van der Waals surface area contributed by atoms with E-state index in [1.165, 1.54) is 0 Å². The SMILES string of the molecule is CC(C)c1c(CN)nnn1CCOCCO. The molecule has 0 aliphatic rings. The van der Waals surface area contributed by atoms with Crippen molar-refractivity contribution in [2.75, 3.05) is 19.8 Å². The summed E-state index contributed by atoms with van der Waals surface area (Å²) in [5.41, 5.74) is 7.51. The van der Waals surface area contributed by atoms with Crippen LogP contribution in [-0.2, 0) is 17.8 Å². The molecule has 1 aromatic heterocycles. The van der Waals surface area contributed by atoms with Crippen molar-refractivity contribution in [3.05, 3.63) is 11.4 Å². The molecule has 92 valence electrons. The van der Waals surface area contributed by atoms with Crippen LogP contribution in [0.25, 0.3) is 0 Å². The number of nitrogens with zero attached hydrogens (tertiary/aromatic N) is 3. The maximum absolute atomic E-state index is 8.57. The first kappa shape index (κ1) is 13.1. The Labute approximate surface area is 95.4 Å². The van der Waals surface area contributed by atoms with E-state index in [0.717, 1.165) is 11.4 Å². The first-order valence-electron chi connectivity index (χ1n) is 5.51. The molecule has 0 radical (unpaired) electrons. The average molecular weight is 228 g/mol. The van der Waals surface area contributed by atoms with Crippen molar-refractivity contribution in [2.45, 2.75) is 32.9 Å². The first-order chi connectivity index (χ1) is 7.70. The van der Waals surface area contributed by atoms with Crippen LogP contribution in [0.3, 0.4) is 0 Å². The number of hydrogen-bond donors (Lipinski definition) is 2. The molecule has 0 aliphatic carbocycles. The average Bonchev–Trinajstić information content (AvgIpc) is 2.67. The van der Waals surface area contributed by atoms with Crippen molar-refractivity contribution in [3.8, 4) is 0 Å². The van der Waals surface area contributed by atoms with Gasteiger partial charge in [0.2, 0.25) is 0 Å². The summed E-state index contributed by atoms with van der Waals surface area (Å²) in [7, 11) is 0. The van der Waals surface area contributed by atoms with Crippen molar-refractivity contribution in [1.82, 2.24) is 15.0 Å². The van der Waals surface area contributed by atoms with Gasteiger partial charge in [-0.1, -0.05) is 19.1 Å². The lowest BCUT2D eigenvalue weighted by Crippen LogP contribution is -2.14. The topological polar surface area (TPSA) is 86.2 Å². The fourth-order valence-corrected chi connectivity index (χ4v) is 1.62. The third-order valence-electron chi connectivity index (χ3n) is 2.27. The van der Waals surface area contributed by atoms with Gasteiger partial charge in [0, 0.05) is 6.54 Å². The van der Waals surface area contributed by atoms with E-state index >= 15 is 0 Å². The molecular weight excluding hydrogens is 208 g/mol. The molecule has 3 N–H and O–H groups in total. The van der Waals surface area contributed by atoms with Gasteiger partial charge in [0.15, 0.2) is 0 Å². The van der Waals surface area contributed by atoms with Gasteiger partial charge < -0.3 is 15.6 Å². The van der Waals surface area contributed by atoms with Crippen LogP contribution < -0.4 is 5.73 Å². The van der Waals surface area contributed by atoms with Gasteiger partial charge in [-0.3, -0.25) is 0 Å². The van der Waals surface area contributed by atoms with Crippen LogP contribution in [-0.4, -0.2) is 39.9 Å². The van der Waals surface area contributed by atoms with E-state index in [0.29, 0.717) is 32.2 Å². The van der Waals surface area contributed by atoms with E-state index in [2.05, 4.69) is 24.2 Å². The number of aliphatic hydroxyl groups is 1. The first-order valence-corrected chi connectivity index (χ1v) is 5.51. The molecule has 0 fully saturated rings. The largest absolute Gasteiger partial charge is 0.394 e. The standard InChI is InChI=1S/C10H20N4O2/c1-8(2)10-9(7-11)12-13-14(10)3-5-16-6-4-15/h8,15H,3-7,11H2,1-2H3. The molecule has 1 heterocycles. The summed E-state index contributed by atoms with van der Waals surface area (Å²) >= 11 is 0. The third kappa shape index (κ3) is 3.26. The Bertz CT molecular complexity index is 312. The lowest BCUT2D eigenvalue weighted by Gasteiger charge is -2.10. The van der Waals surface area contributed by atoms with E-state index in [9.17, 15) is 0 Å². The molecule has 0 bridgehead atoms. The summed E-state index contributed by atoms with van der Waals surface area (Å²) in [5, 5.41) is 16.7. The lowest BCUT2D eigenvalue weighted by atomic mass is 10.1. The predicted molar refractivity (Wildman–Crippen MR) is 59.9 cm³/mol. The Morgan fingerprint density at radius 1 is 1.44 bits per heavy atom. The van der Waals surface area contributed by atoms with Crippen LogP contribution in [0.5, 0.6) is 0 Å². The lowest BCUT2D eigenvalue weighted by molar-refractivity contribution is 0.0846. The van der Waals surface area contributed by atoms with Crippen LogP contribution in [0, 0.1) is 0 Å². The highest BCUT2D eigenvalue weighted by atomic mass is 16.5. The van der Waals surface area contributed by atoms with E-state index in [-0.39, 0.29) is 6.61 Å². The van der Waals surface area contributed by atoms with E-state index in [1.807, 2.05) is 4.68 Å². The monoisotopic (exact) mass is 228 g/mol. The molecule has 0 spiro atoms. The van der Waals surface area contributed by atoms with Gasteiger partial charge in [0.1, 0.15) is 0 Å². The zero-order valence-corrected chi connectivity index (χ0v) is 9.89. The summed E-state index contributed by atoms with van der Waals surface area (Å²) in [5.74, 6) is 0.339. The van der Waals surface area contributed by atoms with E-state index in [4.69, 9.17) is 15.6 Å².